The number of nitrogens with zero attached hydrogens (tertiary/aromatic N) is 1. The van der Waals surface area contributed by atoms with Crippen LogP contribution < -0.4 is 5.32 Å². The van der Waals surface area contributed by atoms with Crippen molar-refractivity contribution in [3.63, 3.8) is 0 Å². The number of hydrogen-bond acceptors (Lipinski definition) is 3. The molecule has 0 radical (unpaired) electrons. The van der Waals surface area contributed by atoms with Gasteiger partial charge in [-0.2, -0.15) is 0 Å². The maximum Gasteiger partial charge on any atom is 0.262 e. The lowest BCUT2D eigenvalue weighted by molar-refractivity contribution is 0.0947. The number of hydrogen-bond donors (Lipinski definition) is 1. The number of pyridine rings is 1. The molecule has 1 N–H and O–H groups in total. The van der Waals surface area contributed by atoms with Gasteiger partial charge in [0.15, 0.2) is 0 Å². The predicted octanol–water partition coefficient (Wildman–Crippen LogP) is 4.28. The molecule has 3 aromatic rings. The van der Waals surface area contributed by atoms with Gasteiger partial charge in [0.25, 0.3) is 5.91 Å². The first-order valence-corrected chi connectivity index (χ1v) is 8.34. The van der Waals surface area contributed by atoms with Crippen molar-refractivity contribution in [3.8, 4) is 0 Å². The van der Waals surface area contributed by atoms with E-state index in [-0.39, 0.29) is 11.9 Å². The Morgan fingerprint density at radius 1 is 1.09 bits per heavy atom. The summed E-state index contributed by atoms with van der Waals surface area (Å²) >= 11 is 1.44. The van der Waals surface area contributed by atoms with Gasteiger partial charge in [-0.25, -0.2) is 0 Å². The number of aromatic nitrogens is 1. The Kier molecular flexibility index (Phi) is 4.53. The summed E-state index contributed by atoms with van der Waals surface area (Å²) in [5.41, 5.74) is 4.48. The molecule has 116 valence electrons. The molecule has 0 unspecified atom stereocenters. The molecule has 0 saturated heterocycles. The highest BCUT2D eigenvalue weighted by molar-refractivity contribution is 7.12. The smallest absolute Gasteiger partial charge is 0.262 e. The van der Waals surface area contributed by atoms with E-state index in [2.05, 4.69) is 42.3 Å². The first kappa shape index (κ1) is 15.4. The lowest BCUT2D eigenvalue weighted by atomic mass is 9.96. The summed E-state index contributed by atoms with van der Waals surface area (Å²) in [5, 5.41) is 5.04. The molecule has 2 heterocycles. The summed E-state index contributed by atoms with van der Waals surface area (Å²) < 4.78 is 0. The minimum absolute atomic E-state index is 0.0629. The van der Waals surface area contributed by atoms with Crippen LogP contribution >= 0.6 is 11.3 Å². The van der Waals surface area contributed by atoms with Crippen LogP contribution in [0.25, 0.3) is 0 Å². The lowest BCUT2D eigenvalue weighted by Gasteiger charge is -2.20. The van der Waals surface area contributed by atoms with E-state index in [0.29, 0.717) is 4.88 Å². The van der Waals surface area contributed by atoms with Crippen molar-refractivity contribution in [2.45, 2.75) is 19.9 Å². The fourth-order valence-corrected chi connectivity index (χ4v) is 3.09. The molecule has 1 aromatic carbocycles. The lowest BCUT2D eigenvalue weighted by Crippen LogP contribution is -2.28. The van der Waals surface area contributed by atoms with Gasteiger partial charge >= 0.3 is 0 Å². The molecule has 1 atom stereocenters. The van der Waals surface area contributed by atoms with Crippen molar-refractivity contribution in [3.05, 3.63) is 87.4 Å². The van der Waals surface area contributed by atoms with Crippen molar-refractivity contribution >= 4 is 17.2 Å². The topological polar surface area (TPSA) is 42.0 Å². The highest BCUT2D eigenvalue weighted by Crippen LogP contribution is 2.24. The highest BCUT2D eigenvalue weighted by atomic mass is 32.1. The molecule has 0 spiro atoms. The number of benzene rings is 1. The highest BCUT2D eigenvalue weighted by Gasteiger charge is 2.19. The number of thiophene rings is 1. The van der Waals surface area contributed by atoms with E-state index in [1.807, 2.05) is 29.6 Å². The zero-order valence-corrected chi connectivity index (χ0v) is 13.9. The van der Waals surface area contributed by atoms with Gasteiger partial charge in [-0.15, -0.1) is 11.3 Å². The summed E-state index contributed by atoms with van der Waals surface area (Å²) in [6, 6.07) is 13.7. The van der Waals surface area contributed by atoms with Gasteiger partial charge in [-0.3, -0.25) is 9.78 Å². The molecule has 4 heteroatoms. The first-order chi connectivity index (χ1) is 11.1. The van der Waals surface area contributed by atoms with E-state index in [4.69, 9.17) is 0 Å². The summed E-state index contributed by atoms with van der Waals surface area (Å²) in [6.07, 6.45) is 3.54. The van der Waals surface area contributed by atoms with Crippen LogP contribution in [0.1, 0.15) is 38.0 Å². The van der Waals surface area contributed by atoms with Crippen LogP contribution in [0.4, 0.5) is 0 Å². The Morgan fingerprint density at radius 3 is 2.61 bits per heavy atom. The van der Waals surface area contributed by atoms with E-state index >= 15 is 0 Å². The Bertz CT molecular complexity index is 798. The van der Waals surface area contributed by atoms with Gasteiger partial charge in [0, 0.05) is 12.4 Å². The van der Waals surface area contributed by atoms with Crippen LogP contribution in [0.5, 0.6) is 0 Å². The van der Waals surface area contributed by atoms with Crippen molar-refractivity contribution in [1.29, 1.82) is 0 Å². The Hall–Kier alpha value is -2.46. The van der Waals surface area contributed by atoms with Gasteiger partial charge in [0.05, 0.1) is 10.9 Å². The Morgan fingerprint density at radius 2 is 1.96 bits per heavy atom. The number of nitrogens with one attached hydrogen (secondary N) is 1. The fourth-order valence-electron chi connectivity index (χ4n) is 2.46. The van der Waals surface area contributed by atoms with Crippen LogP contribution in [0.3, 0.4) is 0 Å². The van der Waals surface area contributed by atoms with Crippen LogP contribution in [0, 0.1) is 13.8 Å². The minimum atomic E-state index is -0.211. The third-order valence-electron chi connectivity index (χ3n) is 3.90. The average Bonchev–Trinajstić information content (AvgIpc) is 3.10. The molecule has 0 fully saturated rings. The number of carbonyl (C=O) groups is 1. The zero-order valence-electron chi connectivity index (χ0n) is 13.1. The number of amides is 1. The molecule has 0 saturated carbocycles. The molecule has 1 amide bonds. The van der Waals surface area contributed by atoms with Crippen molar-refractivity contribution in [1.82, 2.24) is 10.3 Å². The number of aryl methyl sites for hydroxylation is 2. The fraction of sp³-hybridized carbons (Fsp3) is 0.158. The van der Waals surface area contributed by atoms with Crippen molar-refractivity contribution in [2.75, 3.05) is 0 Å². The second-order valence-electron chi connectivity index (χ2n) is 5.51. The van der Waals surface area contributed by atoms with Crippen molar-refractivity contribution in [2.24, 2.45) is 0 Å². The molecular weight excluding hydrogens is 304 g/mol. The van der Waals surface area contributed by atoms with Crippen LogP contribution in [0.15, 0.2) is 60.2 Å². The van der Waals surface area contributed by atoms with E-state index in [1.54, 1.807) is 12.4 Å². The molecule has 0 bridgehead atoms. The van der Waals surface area contributed by atoms with Gasteiger partial charge in [-0.1, -0.05) is 30.3 Å². The predicted molar refractivity (Wildman–Crippen MR) is 93.8 cm³/mol. The van der Waals surface area contributed by atoms with Gasteiger partial charge < -0.3 is 5.32 Å². The van der Waals surface area contributed by atoms with Crippen LogP contribution in [-0.4, -0.2) is 10.9 Å². The van der Waals surface area contributed by atoms with E-state index in [0.717, 1.165) is 11.1 Å². The summed E-state index contributed by atoms with van der Waals surface area (Å²) in [4.78, 5) is 17.4. The third kappa shape index (κ3) is 3.48. The standard InChI is InChI=1S/C19H18N2OS/c1-13-7-8-15(11-14(13)2)18(16-5-3-9-20-12-16)21-19(22)17-6-4-10-23-17/h3-12,18H,1-2H3,(H,21,22)/t18-/m1/s1. The quantitative estimate of drug-likeness (QED) is 0.779. The first-order valence-electron chi connectivity index (χ1n) is 7.46. The summed E-state index contributed by atoms with van der Waals surface area (Å²) in [6.45, 7) is 4.17. The van der Waals surface area contributed by atoms with Gasteiger partial charge in [0.2, 0.25) is 0 Å². The van der Waals surface area contributed by atoms with Crippen LogP contribution in [-0.2, 0) is 0 Å². The second kappa shape index (κ2) is 6.75. The van der Waals surface area contributed by atoms with Crippen molar-refractivity contribution < 1.29 is 4.79 Å². The molecule has 0 aliphatic carbocycles. The van der Waals surface area contributed by atoms with E-state index in [9.17, 15) is 4.79 Å². The van der Waals surface area contributed by atoms with E-state index < -0.39 is 0 Å². The zero-order chi connectivity index (χ0) is 16.2. The van der Waals surface area contributed by atoms with Gasteiger partial charge in [0.1, 0.15) is 0 Å². The second-order valence-corrected chi connectivity index (χ2v) is 6.46. The largest absolute Gasteiger partial charge is 0.340 e. The molecule has 2 aromatic heterocycles. The average molecular weight is 322 g/mol. The minimum Gasteiger partial charge on any atom is -0.340 e. The van der Waals surface area contributed by atoms with Gasteiger partial charge in [-0.05, 0) is 53.6 Å². The summed E-state index contributed by atoms with van der Waals surface area (Å²) in [7, 11) is 0. The molecule has 23 heavy (non-hydrogen) atoms. The monoisotopic (exact) mass is 322 g/mol. The van der Waals surface area contributed by atoms with E-state index in [1.165, 1.54) is 22.5 Å². The maximum absolute atomic E-state index is 12.5. The SMILES string of the molecule is Cc1ccc([C@@H](NC(=O)c2cccs2)c2cccnc2)cc1C. The van der Waals surface area contributed by atoms with Crippen LogP contribution in [0.2, 0.25) is 0 Å². The molecule has 3 rings (SSSR count). The normalized spacial score (nSPS) is 11.9. The molecule has 0 aliphatic rings. The number of rotatable bonds is 4. The molecule has 0 aliphatic heterocycles. The molecular formula is C19H18N2OS. The Labute approximate surface area is 140 Å². The molecule has 3 nitrogen and oxygen atoms in total. The third-order valence-corrected chi connectivity index (χ3v) is 4.77. The Balaban J connectivity index is 1.97. The number of carbonyl (C=O) groups excluding carboxylic acids is 1. The summed E-state index contributed by atoms with van der Waals surface area (Å²) in [5.74, 6) is -0.0629. The maximum atomic E-state index is 12.5.